The third kappa shape index (κ3) is 6.56. The van der Waals surface area contributed by atoms with Crippen LogP contribution in [0.3, 0.4) is 0 Å². The molecule has 0 aromatic heterocycles. The minimum atomic E-state index is -0.134. The van der Waals surface area contributed by atoms with Crippen LogP contribution in [0.4, 0.5) is 5.69 Å². The number of hydrogen-bond acceptors (Lipinski definition) is 4. The summed E-state index contributed by atoms with van der Waals surface area (Å²) in [6.07, 6.45) is 3.00. The molecule has 3 amide bonds. The molecule has 1 saturated heterocycles. The van der Waals surface area contributed by atoms with E-state index < -0.39 is 0 Å². The van der Waals surface area contributed by atoms with Crippen LogP contribution in [0, 0.1) is 5.92 Å². The molecule has 0 radical (unpaired) electrons. The first kappa shape index (κ1) is 21.3. The molecular formula is C22H32N4O3. The van der Waals surface area contributed by atoms with Gasteiger partial charge in [0, 0.05) is 51.6 Å². The summed E-state index contributed by atoms with van der Waals surface area (Å²) in [5.41, 5.74) is 1.06. The van der Waals surface area contributed by atoms with Crippen molar-refractivity contribution >= 4 is 23.4 Å². The van der Waals surface area contributed by atoms with Gasteiger partial charge in [-0.3, -0.25) is 19.3 Å². The highest BCUT2D eigenvalue weighted by Gasteiger charge is 2.25. The molecular weight excluding hydrogens is 368 g/mol. The lowest BCUT2D eigenvalue weighted by Gasteiger charge is -2.35. The van der Waals surface area contributed by atoms with Crippen molar-refractivity contribution in [2.24, 2.45) is 5.92 Å². The summed E-state index contributed by atoms with van der Waals surface area (Å²) in [4.78, 5) is 41.1. The van der Waals surface area contributed by atoms with Gasteiger partial charge in [-0.15, -0.1) is 0 Å². The molecule has 7 heteroatoms. The molecule has 0 spiro atoms. The molecule has 1 aromatic rings. The highest BCUT2D eigenvalue weighted by molar-refractivity contribution is 6.03. The predicted octanol–water partition coefficient (Wildman–Crippen LogP) is 2.10. The fourth-order valence-electron chi connectivity index (χ4n) is 3.45. The van der Waals surface area contributed by atoms with Crippen molar-refractivity contribution in [3.8, 4) is 0 Å². The Bertz CT molecular complexity index is 737. The zero-order valence-electron chi connectivity index (χ0n) is 17.4. The molecule has 7 nitrogen and oxygen atoms in total. The highest BCUT2D eigenvalue weighted by Crippen LogP contribution is 2.21. The van der Waals surface area contributed by atoms with Gasteiger partial charge in [0.15, 0.2) is 0 Å². The summed E-state index contributed by atoms with van der Waals surface area (Å²) >= 11 is 0. The number of rotatable bonds is 8. The fourth-order valence-corrected chi connectivity index (χ4v) is 3.45. The first-order chi connectivity index (χ1) is 13.9. The quantitative estimate of drug-likeness (QED) is 0.700. The summed E-state index contributed by atoms with van der Waals surface area (Å²) in [7, 11) is 0. The number of hydrogen-bond donors (Lipinski definition) is 2. The lowest BCUT2D eigenvalue weighted by molar-refractivity contribution is -0.134. The van der Waals surface area contributed by atoms with Crippen molar-refractivity contribution in [2.45, 2.75) is 45.6 Å². The van der Waals surface area contributed by atoms with Gasteiger partial charge in [0.1, 0.15) is 0 Å². The van der Waals surface area contributed by atoms with Gasteiger partial charge in [-0.25, -0.2) is 0 Å². The van der Waals surface area contributed by atoms with Crippen molar-refractivity contribution < 1.29 is 14.4 Å². The Hall–Kier alpha value is -2.41. The van der Waals surface area contributed by atoms with Crippen molar-refractivity contribution in [1.29, 1.82) is 0 Å². The average Bonchev–Trinajstić information content (AvgIpc) is 3.50. The summed E-state index contributed by atoms with van der Waals surface area (Å²) in [6.45, 7) is 7.78. The van der Waals surface area contributed by atoms with Crippen molar-refractivity contribution in [3.63, 3.8) is 0 Å². The van der Waals surface area contributed by atoms with Crippen LogP contribution in [0.2, 0.25) is 0 Å². The SMILES string of the molecule is CC(C)CC(=O)N1CCN(CCC(=O)Nc2ccccc2C(=O)NC2CC2)CC1. The summed E-state index contributed by atoms with van der Waals surface area (Å²) in [5, 5.41) is 5.84. The topological polar surface area (TPSA) is 81.8 Å². The fraction of sp³-hybridized carbons (Fsp3) is 0.591. The van der Waals surface area contributed by atoms with E-state index in [1.807, 2.05) is 11.0 Å². The third-order valence-corrected chi connectivity index (χ3v) is 5.32. The monoisotopic (exact) mass is 400 g/mol. The first-order valence-electron chi connectivity index (χ1n) is 10.6. The lowest BCUT2D eigenvalue weighted by Crippen LogP contribution is -2.49. The van der Waals surface area contributed by atoms with Crippen LogP contribution in [0.25, 0.3) is 0 Å². The average molecular weight is 401 g/mol. The molecule has 0 unspecified atom stereocenters. The van der Waals surface area contributed by atoms with E-state index >= 15 is 0 Å². The normalized spacial score (nSPS) is 17.3. The van der Waals surface area contributed by atoms with Crippen LogP contribution in [0.1, 0.15) is 49.9 Å². The smallest absolute Gasteiger partial charge is 0.253 e. The van der Waals surface area contributed by atoms with Gasteiger partial charge in [-0.05, 0) is 30.9 Å². The summed E-state index contributed by atoms with van der Waals surface area (Å²) in [5.74, 6) is 0.359. The third-order valence-electron chi connectivity index (χ3n) is 5.32. The molecule has 2 aliphatic rings. The maximum atomic E-state index is 12.4. The molecule has 0 atom stereocenters. The number of anilines is 1. The highest BCUT2D eigenvalue weighted by atomic mass is 16.2. The minimum absolute atomic E-state index is 0.102. The number of benzene rings is 1. The Morgan fingerprint density at radius 1 is 1.07 bits per heavy atom. The zero-order valence-corrected chi connectivity index (χ0v) is 17.4. The molecule has 1 heterocycles. The predicted molar refractivity (Wildman–Crippen MR) is 113 cm³/mol. The number of para-hydroxylation sites is 1. The van der Waals surface area contributed by atoms with E-state index in [4.69, 9.17) is 0 Å². The Morgan fingerprint density at radius 2 is 1.76 bits per heavy atom. The van der Waals surface area contributed by atoms with Gasteiger partial charge >= 0.3 is 0 Å². The van der Waals surface area contributed by atoms with Gasteiger partial charge in [0.25, 0.3) is 5.91 Å². The largest absolute Gasteiger partial charge is 0.349 e. The molecule has 29 heavy (non-hydrogen) atoms. The van der Waals surface area contributed by atoms with Crippen LogP contribution < -0.4 is 10.6 Å². The first-order valence-corrected chi connectivity index (χ1v) is 10.6. The molecule has 2 N–H and O–H groups in total. The maximum absolute atomic E-state index is 12.4. The second-order valence-electron chi connectivity index (χ2n) is 8.41. The second kappa shape index (κ2) is 9.87. The van der Waals surface area contributed by atoms with E-state index in [2.05, 4.69) is 29.4 Å². The number of nitrogens with one attached hydrogen (secondary N) is 2. The van der Waals surface area contributed by atoms with Gasteiger partial charge in [-0.1, -0.05) is 26.0 Å². The number of carbonyl (C=O) groups excluding carboxylic acids is 3. The van der Waals surface area contributed by atoms with Crippen LogP contribution >= 0.6 is 0 Å². The van der Waals surface area contributed by atoms with Gasteiger partial charge in [0.2, 0.25) is 11.8 Å². The zero-order chi connectivity index (χ0) is 20.8. The van der Waals surface area contributed by atoms with Crippen LogP contribution in [0.5, 0.6) is 0 Å². The second-order valence-corrected chi connectivity index (χ2v) is 8.41. The van der Waals surface area contributed by atoms with Crippen LogP contribution in [0.15, 0.2) is 24.3 Å². The van der Waals surface area contributed by atoms with Gasteiger partial charge in [0.05, 0.1) is 11.3 Å². The van der Waals surface area contributed by atoms with E-state index in [0.29, 0.717) is 36.6 Å². The Labute approximate surface area is 172 Å². The lowest BCUT2D eigenvalue weighted by atomic mass is 10.1. The minimum Gasteiger partial charge on any atom is -0.349 e. The van der Waals surface area contributed by atoms with E-state index in [0.717, 1.165) is 39.0 Å². The molecule has 0 bridgehead atoms. The van der Waals surface area contributed by atoms with E-state index in [9.17, 15) is 14.4 Å². The van der Waals surface area contributed by atoms with Crippen LogP contribution in [-0.2, 0) is 9.59 Å². The molecule has 158 valence electrons. The van der Waals surface area contributed by atoms with E-state index in [-0.39, 0.29) is 23.8 Å². The van der Waals surface area contributed by atoms with E-state index in [1.54, 1.807) is 18.2 Å². The maximum Gasteiger partial charge on any atom is 0.253 e. The number of amides is 3. The number of piperazine rings is 1. The Morgan fingerprint density at radius 3 is 2.41 bits per heavy atom. The molecule has 1 saturated carbocycles. The number of carbonyl (C=O) groups is 3. The Balaban J connectivity index is 1.43. The molecule has 1 aromatic carbocycles. The van der Waals surface area contributed by atoms with E-state index in [1.165, 1.54) is 0 Å². The molecule has 3 rings (SSSR count). The summed E-state index contributed by atoms with van der Waals surface area (Å²) < 4.78 is 0. The Kier molecular flexibility index (Phi) is 7.25. The summed E-state index contributed by atoms with van der Waals surface area (Å²) in [6, 6.07) is 7.39. The van der Waals surface area contributed by atoms with Crippen LogP contribution in [-0.4, -0.2) is 66.3 Å². The van der Waals surface area contributed by atoms with Crippen molar-refractivity contribution in [2.75, 3.05) is 38.0 Å². The molecule has 1 aliphatic carbocycles. The van der Waals surface area contributed by atoms with Crippen molar-refractivity contribution in [3.05, 3.63) is 29.8 Å². The van der Waals surface area contributed by atoms with Gasteiger partial charge in [-0.2, -0.15) is 0 Å². The standard InChI is InChI=1S/C22H32N4O3/c1-16(2)15-21(28)26-13-11-25(12-14-26)10-9-20(27)24-19-6-4-3-5-18(19)22(29)23-17-7-8-17/h3-6,16-17H,7-15H2,1-2H3,(H,23,29)(H,24,27). The molecule has 2 fully saturated rings. The number of nitrogens with zero attached hydrogens (tertiary/aromatic N) is 2. The molecule has 1 aliphatic heterocycles. The van der Waals surface area contributed by atoms with Crippen molar-refractivity contribution in [1.82, 2.24) is 15.1 Å². The van der Waals surface area contributed by atoms with Gasteiger partial charge < -0.3 is 15.5 Å².